The minimum atomic E-state index is 0.660. The van der Waals surface area contributed by atoms with E-state index in [0.29, 0.717) is 5.56 Å². The summed E-state index contributed by atoms with van der Waals surface area (Å²) in [6.07, 6.45) is 4.62. The lowest BCUT2D eigenvalue weighted by molar-refractivity contribution is 0.700. The van der Waals surface area contributed by atoms with Crippen LogP contribution in [0.3, 0.4) is 0 Å². The molecular weight excluding hydrogens is 234 g/mol. The number of aromatic nitrogens is 2. The van der Waals surface area contributed by atoms with E-state index in [4.69, 9.17) is 5.26 Å². The Morgan fingerprint density at radius 2 is 1.79 bits per heavy atom. The van der Waals surface area contributed by atoms with Crippen molar-refractivity contribution in [1.29, 1.82) is 5.26 Å². The maximum Gasteiger partial charge on any atom is 0.0991 e. The molecule has 0 N–H and O–H groups in total. The highest BCUT2D eigenvalue weighted by molar-refractivity contribution is 5.59. The van der Waals surface area contributed by atoms with E-state index >= 15 is 0 Å². The first-order valence-corrected chi connectivity index (χ1v) is 6.66. The molecule has 3 heteroatoms. The Morgan fingerprint density at radius 3 is 2.37 bits per heavy atom. The Morgan fingerprint density at radius 1 is 1.00 bits per heavy atom. The van der Waals surface area contributed by atoms with Crippen molar-refractivity contribution in [2.45, 2.75) is 32.6 Å². The molecule has 0 aliphatic carbocycles. The van der Waals surface area contributed by atoms with E-state index in [0.717, 1.165) is 23.4 Å². The van der Waals surface area contributed by atoms with Crippen molar-refractivity contribution in [2.75, 3.05) is 0 Å². The van der Waals surface area contributed by atoms with Crippen molar-refractivity contribution in [2.24, 2.45) is 0 Å². The molecule has 19 heavy (non-hydrogen) atoms. The lowest BCUT2D eigenvalue weighted by Crippen LogP contribution is -1.95. The zero-order chi connectivity index (χ0) is 13.5. The number of unbranched alkanes of at least 4 members (excludes halogenated alkanes) is 2. The van der Waals surface area contributed by atoms with Crippen molar-refractivity contribution in [3.8, 4) is 17.3 Å². The maximum absolute atomic E-state index is 8.76. The summed E-state index contributed by atoms with van der Waals surface area (Å²) in [6.45, 7) is 2.19. The Bertz CT molecular complexity index is 550. The average Bonchev–Trinajstić information content (AvgIpc) is 2.48. The molecule has 0 atom stereocenters. The summed E-state index contributed by atoms with van der Waals surface area (Å²) in [4.78, 5) is 0. The zero-order valence-electron chi connectivity index (χ0n) is 11.1. The summed E-state index contributed by atoms with van der Waals surface area (Å²) in [5, 5.41) is 17.3. The summed E-state index contributed by atoms with van der Waals surface area (Å²) >= 11 is 0. The topological polar surface area (TPSA) is 49.6 Å². The van der Waals surface area contributed by atoms with Crippen LogP contribution in [0.5, 0.6) is 0 Å². The molecule has 0 bridgehead atoms. The molecule has 0 unspecified atom stereocenters. The molecule has 1 aromatic carbocycles. The predicted octanol–water partition coefficient (Wildman–Crippen LogP) is 3.75. The highest BCUT2D eigenvalue weighted by Gasteiger charge is 2.01. The zero-order valence-corrected chi connectivity index (χ0v) is 11.1. The Balaban J connectivity index is 2.07. The second-order valence-electron chi connectivity index (χ2n) is 4.56. The average molecular weight is 251 g/mol. The highest BCUT2D eigenvalue weighted by atomic mass is 15.1. The van der Waals surface area contributed by atoms with E-state index in [9.17, 15) is 0 Å². The van der Waals surface area contributed by atoms with Gasteiger partial charge in [0, 0.05) is 5.56 Å². The molecule has 3 nitrogen and oxygen atoms in total. The fourth-order valence-corrected chi connectivity index (χ4v) is 1.92. The van der Waals surface area contributed by atoms with Gasteiger partial charge in [0.15, 0.2) is 0 Å². The first-order valence-electron chi connectivity index (χ1n) is 6.66. The van der Waals surface area contributed by atoms with E-state index in [-0.39, 0.29) is 0 Å². The Labute approximate surface area is 113 Å². The van der Waals surface area contributed by atoms with Crippen molar-refractivity contribution < 1.29 is 0 Å². The van der Waals surface area contributed by atoms with Crippen molar-refractivity contribution in [1.82, 2.24) is 10.2 Å². The van der Waals surface area contributed by atoms with Gasteiger partial charge in [-0.2, -0.15) is 15.5 Å². The van der Waals surface area contributed by atoms with Gasteiger partial charge in [-0.15, -0.1) is 0 Å². The van der Waals surface area contributed by atoms with Gasteiger partial charge in [0.25, 0.3) is 0 Å². The first-order chi connectivity index (χ1) is 9.33. The van der Waals surface area contributed by atoms with Crippen LogP contribution in [-0.2, 0) is 6.42 Å². The van der Waals surface area contributed by atoms with Crippen molar-refractivity contribution >= 4 is 0 Å². The van der Waals surface area contributed by atoms with Crippen LogP contribution in [0, 0.1) is 11.3 Å². The standard InChI is InChI=1S/C16H17N3/c1-2-3-4-5-15-10-11-16(19-18-15)14-8-6-13(12-17)7-9-14/h6-11H,2-5H2,1H3. The van der Waals surface area contributed by atoms with E-state index in [1.807, 2.05) is 24.3 Å². The van der Waals surface area contributed by atoms with Crippen LogP contribution >= 0.6 is 0 Å². The second-order valence-corrected chi connectivity index (χ2v) is 4.56. The number of hydrogen-bond donors (Lipinski definition) is 0. The highest BCUT2D eigenvalue weighted by Crippen LogP contribution is 2.17. The summed E-state index contributed by atoms with van der Waals surface area (Å²) in [7, 11) is 0. The van der Waals surface area contributed by atoms with Gasteiger partial charge in [0.05, 0.1) is 23.0 Å². The van der Waals surface area contributed by atoms with E-state index in [2.05, 4.69) is 23.2 Å². The molecule has 2 rings (SSSR count). The normalized spacial score (nSPS) is 10.1. The molecule has 0 saturated carbocycles. The van der Waals surface area contributed by atoms with Crippen LogP contribution < -0.4 is 0 Å². The predicted molar refractivity (Wildman–Crippen MR) is 75.4 cm³/mol. The van der Waals surface area contributed by atoms with Crippen LogP contribution in [0.2, 0.25) is 0 Å². The van der Waals surface area contributed by atoms with Crippen LogP contribution in [0.4, 0.5) is 0 Å². The SMILES string of the molecule is CCCCCc1ccc(-c2ccc(C#N)cc2)nn1. The Kier molecular flexibility index (Phi) is 4.63. The summed E-state index contributed by atoms with van der Waals surface area (Å²) in [5.74, 6) is 0. The lowest BCUT2D eigenvalue weighted by atomic mass is 10.1. The summed E-state index contributed by atoms with van der Waals surface area (Å²) in [6, 6.07) is 13.5. The summed E-state index contributed by atoms with van der Waals surface area (Å²) in [5.41, 5.74) is 3.55. The molecule has 0 saturated heterocycles. The van der Waals surface area contributed by atoms with Crippen LogP contribution in [0.15, 0.2) is 36.4 Å². The monoisotopic (exact) mass is 251 g/mol. The van der Waals surface area contributed by atoms with Crippen molar-refractivity contribution in [3.05, 3.63) is 47.7 Å². The van der Waals surface area contributed by atoms with Crippen LogP contribution in [0.1, 0.15) is 37.4 Å². The molecule has 0 aliphatic heterocycles. The molecule has 1 aromatic heterocycles. The number of rotatable bonds is 5. The van der Waals surface area contributed by atoms with Gasteiger partial charge in [-0.05, 0) is 37.1 Å². The van der Waals surface area contributed by atoms with Gasteiger partial charge < -0.3 is 0 Å². The van der Waals surface area contributed by atoms with Gasteiger partial charge >= 0.3 is 0 Å². The van der Waals surface area contributed by atoms with Crippen molar-refractivity contribution in [3.63, 3.8) is 0 Å². The van der Waals surface area contributed by atoms with Gasteiger partial charge in [0.1, 0.15) is 0 Å². The molecule has 0 aliphatic rings. The fourth-order valence-electron chi connectivity index (χ4n) is 1.92. The molecule has 96 valence electrons. The molecule has 1 heterocycles. The molecule has 0 radical (unpaired) electrons. The minimum absolute atomic E-state index is 0.660. The number of hydrogen-bond acceptors (Lipinski definition) is 3. The van der Waals surface area contributed by atoms with Crippen LogP contribution in [-0.4, -0.2) is 10.2 Å². The first kappa shape index (κ1) is 13.2. The third-order valence-corrected chi connectivity index (χ3v) is 3.07. The minimum Gasteiger partial charge on any atom is -0.192 e. The molecule has 2 aromatic rings. The third-order valence-electron chi connectivity index (χ3n) is 3.07. The smallest absolute Gasteiger partial charge is 0.0991 e. The number of aryl methyl sites for hydroxylation is 1. The second kappa shape index (κ2) is 6.65. The molecule has 0 amide bonds. The number of nitriles is 1. The Hall–Kier alpha value is -2.21. The van der Waals surface area contributed by atoms with Gasteiger partial charge in [-0.25, -0.2) is 0 Å². The third kappa shape index (κ3) is 3.62. The van der Waals surface area contributed by atoms with Crippen LogP contribution in [0.25, 0.3) is 11.3 Å². The number of benzene rings is 1. The van der Waals surface area contributed by atoms with E-state index in [1.54, 1.807) is 12.1 Å². The summed E-state index contributed by atoms with van der Waals surface area (Å²) < 4.78 is 0. The van der Waals surface area contributed by atoms with Gasteiger partial charge in [-0.1, -0.05) is 31.9 Å². The quantitative estimate of drug-likeness (QED) is 0.760. The maximum atomic E-state index is 8.76. The fraction of sp³-hybridized carbons (Fsp3) is 0.312. The number of nitrogens with zero attached hydrogens (tertiary/aromatic N) is 3. The van der Waals surface area contributed by atoms with Gasteiger partial charge in [-0.3, -0.25) is 0 Å². The van der Waals surface area contributed by atoms with Gasteiger partial charge in [0.2, 0.25) is 0 Å². The molecule has 0 fully saturated rings. The van der Waals surface area contributed by atoms with E-state index in [1.165, 1.54) is 19.3 Å². The van der Waals surface area contributed by atoms with E-state index < -0.39 is 0 Å². The lowest BCUT2D eigenvalue weighted by Gasteiger charge is -2.02. The molecule has 0 spiro atoms. The largest absolute Gasteiger partial charge is 0.192 e. The molecular formula is C16H17N3.